The van der Waals surface area contributed by atoms with Gasteiger partial charge in [0, 0.05) is 0 Å². The maximum atomic E-state index is 11.4. The monoisotopic (exact) mass is 225 g/mol. The molecule has 0 N–H and O–H groups in total. The second-order valence-electron chi connectivity index (χ2n) is 2.90. The van der Waals surface area contributed by atoms with E-state index in [0.29, 0.717) is 0 Å². The fourth-order valence-electron chi connectivity index (χ4n) is 1.05. The van der Waals surface area contributed by atoms with E-state index in [0.717, 1.165) is 5.56 Å². The maximum Gasteiger partial charge on any atom is 0.183 e. The van der Waals surface area contributed by atoms with E-state index in [2.05, 4.69) is 6.58 Å². The Morgan fingerprint density at radius 2 is 1.87 bits per heavy atom. The number of sulfone groups is 1. The van der Waals surface area contributed by atoms with Crippen LogP contribution in [0.5, 0.6) is 0 Å². The minimum absolute atomic E-state index is 0.0303. The second kappa shape index (κ2) is 4.27. The van der Waals surface area contributed by atoms with Crippen LogP contribution in [0.15, 0.2) is 35.7 Å². The lowest BCUT2D eigenvalue weighted by Crippen LogP contribution is -2.30. The number of benzene rings is 1. The summed E-state index contributed by atoms with van der Waals surface area (Å²) in [5, 5.41) is 10.2. The van der Waals surface area contributed by atoms with Gasteiger partial charge in [-0.05, 0) is 17.7 Å². The lowest BCUT2D eigenvalue weighted by atomic mass is 10.2. The largest absolute Gasteiger partial charge is 0.549 e. The van der Waals surface area contributed by atoms with Gasteiger partial charge in [-0.15, -0.1) is 0 Å². The van der Waals surface area contributed by atoms with Crippen LogP contribution in [-0.4, -0.2) is 20.1 Å². The Labute approximate surface area is 87.8 Å². The normalized spacial score (nSPS) is 10.9. The SMILES string of the molecule is C=Cc1ccc(S(=O)(=O)CC(=O)[O-])cc1. The zero-order chi connectivity index (χ0) is 11.5. The van der Waals surface area contributed by atoms with Crippen LogP contribution in [0.1, 0.15) is 5.56 Å². The van der Waals surface area contributed by atoms with Crippen LogP contribution >= 0.6 is 0 Å². The summed E-state index contributed by atoms with van der Waals surface area (Å²) in [6.45, 7) is 3.52. The van der Waals surface area contributed by atoms with Crippen LogP contribution in [0.4, 0.5) is 0 Å². The summed E-state index contributed by atoms with van der Waals surface area (Å²) in [7, 11) is -3.78. The summed E-state index contributed by atoms with van der Waals surface area (Å²) in [4.78, 5) is 10.2. The first-order valence-corrected chi connectivity index (χ1v) is 5.76. The molecule has 0 amide bonds. The van der Waals surface area contributed by atoms with Gasteiger partial charge in [0.2, 0.25) is 0 Å². The lowest BCUT2D eigenvalue weighted by Gasteiger charge is -2.05. The van der Waals surface area contributed by atoms with E-state index in [-0.39, 0.29) is 4.90 Å². The van der Waals surface area contributed by atoms with Crippen molar-refractivity contribution in [2.75, 3.05) is 5.75 Å². The Morgan fingerprint density at radius 1 is 1.33 bits per heavy atom. The van der Waals surface area contributed by atoms with Crippen molar-refractivity contribution in [1.29, 1.82) is 0 Å². The van der Waals surface area contributed by atoms with E-state index >= 15 is 0 Å². The molecule has 0 aliphatic heterocycles. The summed E-state index contributed by atoms with van der Waals surface area (Å²) in [5.41, 5.74) is 0.766. The maximum absolute atomic E-state index is 11.4. The Bertz CT molecular complexity index is 471. The van der Waals surface area contributed by atoms with Crippen molar-refractivity contribution in [1.82, 2.24) is 0 Å². The summed E-state index contributed by atoms with van der Waals surface area (Å²) < 4.78 is 22.8. The summed E-state index contributed by atoms with van der Waals surface area (Å²) in [6.07, 6.45) is 1.56. The van der Waals surface area contributed by atoms with Gasteiger partial charge in [-0.1, -0.05) is 24.8 Å². The number of carboxylic acid groups (broad SMARTS) is 1. The summed E-state index contributed by atoms with van der Waals surface area (Å²) in [6, 6.07) is 5.79. The van der Waals surface area contributed by atoms with Crippen LogP contribution in [0.3, 0.4) is 0 Å². The van der Waals surface area contributed by atoms with E-state index in [9.17, 15) is 18.3 Å². The number of aliphatic carboxylic acids is 1. The molecule has 0 heterocycles. The third-order valence-corrected chi connectivity index (χ3v) is 3.39. The number of carbonyl (C=O) groups excluding carboxylic acids is 1. The topological polar surface area (TPSA) is 74.3 Å². The van der Waals surface area contributed by atoms with Gasteiger partial charge in [-0.25, -0.2) is 8.42 Å². The standard InChI is InChI=1S/C10H10O4S/c1-2-8-3-5-9(6-4-8)15(13,14)7-10(11)12/h2-6H,1,7H2,(H,11,12)/p-1. The van der Waals surface area contributed by atoms with Gasteiger partial charge in [0.25, 0.3) is 0 Å². The van der Waals surface area contributed by atoms with Gasteiger partial charge in [-0.3, -0.25) is 0 Å². The van der Waals surface area contributed by atoms with E-state index in [4.69, 9.17) is 0 Å². The minimum Gasteiger partial charge on any atom is -0.549 e. The van der Waals surface area contributed by atoms with Gasteiger partial charge in [0.1, 0.15) is 0 Å². The van der Waals surface area contributed by atoms with E-state index in [1.165, 1.54) is 12.1 Å². The van der Waals surface area contributed by atoms with Gasteiger partial charge in [-0.2, -0.15) is 0 Å². The fraction of sp³-hybridized carbons (Fsp3) is 0.100. The zero-order valence-electron chi connectivity index (χ0n) is 7.84. The molecule has 0 atom stereocenters. The Kier molecular flexibility index (Phi) is 3.26. The number of hydrogen-bond acceptors (Lipinski definition) is 4. The van der Waals surface area contributed by atoms with Crippen LogP contribution in [0.2, 0.25) is 0 Å². The highest BCUT2D eigenvalue weighted by molar-refractivity contribution is 7.92. The average Bonchev–Trinajstić information content (AvgIpc) is 2.16. The van der Waals surface area contributed by atoms with Crippen molar-refractivity contribution in [2.24, 2.45) is 0 Å². The molecule has 0 fully saturated rings. The van der Waals surface area contributed by atoms with Crippen LogP contribution in [0.25, 0.3) is 6.08 Å². The van der Waals surface area contributed by atoms with E-state index < -0.39 is 21.6 Å². The molecule has 0 unspecified atom stereocenters. The second-order valence-corrected chi connectivity index (χ2v) is 4.89. The highest BCUT2D eigenvalue weighted by Gasteiger charge is 2.13. The number of rotatable bonds is 4. The first kappa shape index (κ1) is 11.5. The average molecular weight is 225 g/mol. The molecule has 15 heavy (non-hydrogen) atoms. The molecule has 0 bridgehead atoms. The molecule has 0 aliphatic rings. The molecule has 0 radical (unpaired) electrons. The highest BCUT2D eigenvalue weighted by atomic mass is 32.2. The predicted molar refractivity (Wildman–Crippen MR) is 53.6 cm³/mol. The van der Waals surface area contributed by atoms with E-state index in [1.807, 2.05) is 0 Å². The van der Waals surface area contributed by atoms with Gasteiger partial charge in [0.05, 0.1) is 16.6 Å². The minimum atomic E-state index is -3.78. The van der Waals surface area contributed by atoms with Crippen LogP contribution < -0.4 is 5.11 Å². The third-order valence-electron chi connectivity index (χ3n) is 1.78. The number of hydrogen-bond donors (Lipinski definition) is 0. The molecule has 1 aromatic carbocycles. The molecule has 0 aliphatic carbocycles. The smallest absolute Gasteiger partial charge is 0.183 e. The fourth-order valence-corrected chi connectivity index (χ4v) is 2.08. The first-order valence-electron chi connectivity index (χ1n) is 4.11. The van der Waals surface area contributed by atoms with Crippen molar-refractivity contribution in [3.8, 4) is 0 Å². The van der Waals surface area contributed by atoms with Crippen LogP contribution in [-0.2, 0) is 14.6 Å². The number of carbonyl (C=O) groups is 1. The molecule has 1 rings (SSSR count). The van der Waals surface area contributed by atoms with Gasteiger partial charge < -0.3 is 9.90 Å². The molecule has 0 spiro atoms. The van der Waals surface area contributed by atoms with Crippen molar-refractivity contribution in [3.05, 3.63) is 36.4 Å². The third kappa shape index (κ3) is 2.92. The molecular formula is C10H9O4S-. The van der Waals surface area contributed by atoms with Crippen molar-refractivity contribution >= 4 is 21.9 Å². The van der Waals surface area contributed by atoms with Crippen LogP contribution in [0, 0.1) is 0 Å². The Hall–Kier alpha value is -1.62. The quantitative estimate of drug-likeness (QED) is 0.714. The van der Waals surface area contributed by atoms with Gasteiger partial charge >= 0.3 is 0 Å². The highest BCUT2D eigenvalue weighted by Crippen LogP contribution is 2.12. The Balaban J connectivity index is 3.06. The zero-order valence-corrected chi connectivity index (χ0v) is 8.66. The number of carboxylic acids is 1. The summed E-state index contributed by atoms with van der Waals surface area (Å²) in [5.74, 6) is -2.61. The molecule has 0 aromatic heterocycles. The summed E-state index contributed by atoms with van der Waals surface area (Å²) >= 11 is 0. The lowest BCUT2D eigenvalue weighted by molar-refractivity contribution is -0.301. The molecule has 5 heteroatoms. The molecule has 0 saturated carbocycles. The predicted octanol–water partition coefficient (Wildman–Crippen LogP) is -0.147. The van der Waals surface area contributed by atoms with Crippen molar-refractivity contribution < 1.29 is 18.3 Å². The van der Waals surface area contributed by atoms with Gasteiger partial charge in [0.15, 0.2) is 9.84 Å². The van der Waals surface area contributed by atoms with Crippen molar-refractivity contribution in [2.45, 2.75) is 4.90 Å². The Morgan fingerprint density at radius 3 is 2.27 bits per heavy atom. The molecule has 0 saturated heterocycles. The van der Waals surface area contributed by atoms with E-state index in [1.54, 1.807) is 18.2 Å². The molecule has 1 aromatic rings. The van der Waals surface area contributed by atoms with Crippen molar-refractivity contribution in [3.63, 3.8) is 0 Å². The molecular weight excluding hydrogens is 216 g/mol. The first-order chi connectivity index (χ1) is 6.95. The molecule has 4 nitrogen and oxygen atoms in total. The molecule has 80 valence electrons.